The molecule has 0 spiro atoms. The summed E-state index contributed by atoms with van der Waals surface area (Å²) in [5.74, 6) is 0.202. The maximum Gasteiger partial charge on any atom is 0.408 e. The number of amides is 3. The Bertz CT molecular complexity index is 1130. The summed E-state index contributed by atoms with van der Waals surface area (Å²) in [4.78, 5) is 42.8. The molecule has 1 fully saturated rings. The molecule has 0 bridgehead atoms. The zero-order valence-corrected chi connectivity index (χ0v) is 24.9. The van der Waals surface area contributed by atoms with E-state index in [-0.39, 0.29) is 17.9 Å². The summed E-state index contributed by atoms with van der Waals surface area (Å²) in [6, 6.07) is 14.0. The second kappa shape index (κ2) is 13.9. The third kappa shape index (κ3) is 8.75. The molecule has 3 amide bonds. The lowest BCUT2D eigenvalue weighted by atomic mass is 9.87. The molecular weight excluding hydrogens is 510 g/mol. The van der Waals surface area contributed by atoms with Crippen molar-refractivity contribution in [1.29, 1.82) is 0 Å². The van der Waals surface area contributed by atoms with Gasteiger partial charge in [0.15, 0.2) is 0 Å². The van der Waals surface area contributed by atoms with Crippen LogP contribution in [-0.4, -0.2) is 52.5 Å². The highest BCUT2D eigenvalue weighted by Crippen LogP contribution is 2.35. The van der Waals surface area contributed by atoms with Crippen LogP contribution in [0.2, 0.25) is 0 Å². The molecule has 0 heterocycles. The summed E-state index contributed by atoms with van der Waals surface area (Å²) in [5, 5.41) is 5.91. The van der Waals surface area contributed by atoms with Crippen molar-refractivity contribution in [2.45, 2.75) is 90.6 Å². The van der Waals surface area contributed by atoms with Gasteiger partial charge in [-0.2, -0.15) is 11.8 Å². The minimum atomic E-state index is -0.816. The molecule has 0 saturated heterocycles. The number of ether oxygens (including phenoxy) is 1. The Balaban J connectivity index is 1.99. The van der Waals surface area contributed by atoms with Gasteiger partial charge in [-0.25, -0.2) is 4.79 Å². The van der Waals surface area contributed by atoms with E-state index < -0.39 is 23.8 Å². The molecule has 2 aromatic carbocycles. The van der Waals surface area contributed by atoms with Gasteiger partial charge in [0.1, 0.15) is 17.7 Å². The van der Waals surface area contributed by atoms with Gasteiger partial charge in [-0.05, 0) is 89.0 Å². The third-order valence-corrected chi connectivity index (χ3v) is 7.53. The van der Waals surface area contributed by atoms with Crippen LogP contribution in [0.4, 0.5) is 4.79 Å². The molecule has 1 saturated carbocycles. The Morgan fingerprint density at radius 1 is 1.08 bits per heavy atom. The van der Waals surface area contributed by atoms with Crippen molar-refractivity contribution < 1.29 is 19.1 Å². The SMILES string of the molecule is CSCCC(NC(=O)OC(C)(C)C)C(=O)N(C1CCC1)C(C(=O)NCc1ccccc1)c1cc(C)ccc1C. The Labute approximate surface area is 237 Å². The van der Waals surface area contributed by atoms with Crippen molar-refractivity contribution in [3.05, 3.63) is 70.8 Å². The molecule has 8 heteroatoms. The lowest BCUT2D eigenvalue weighted by Crippen LogP contribution is -2.57. The van der Waals surface area contributed by atoms with E-state index in [1.165, 1.54) is 0 Å². The number of carbonyl (C=O) groups is 3. The van der Waals surface area contributed by atoms with Crippen molar-refractivity contribution >= 4 is 29.7 Å². The number of hydrogen-bond donors (Lipinski definition) is 2. The smallest absolute Gasteiger partial charge is 0.408 e. The molecule has 1 aliphatic carbocycles. The highest BCUT2D eigenvalue weighted by Gasteiger charge is 2.42. The van der Waals surface area contributed by atoms with Crippen molar-refractivity contribution in [2.24, 2.45) is 0 Å². The molecule has 0 aromatic heterocycles. The number of thioether (sulfide) groups is 1. The molecule has 2 unspecified atom stereocenters. The van der Waals surface area contributed by atoms with Gasteiger partial charge < -0.3 is 20.3 Å². The second-order valence-electron chi connectivity index (χ2n) is 11.3. The summed E-state index contributed by atoms with van der Waals surface area (Å²) in [5.41, 5.74) is 3.06. The van der Waals surface area contributed by atoms with Crippen LogP contribution in [0.1, 0.15) is 74.8 Å². The van der Waals surface area contributed by atoms with E-state index in [1.54, 1.807) is 37.4 Å². The van der Waals surface area contributed by atoms with Crippen LogP contribution >= 0.6 is 11.8 Å². The topological polar surface area (TPSA) is 87.7 Å². The average Bonchev–Trinajstić information content (AvgIpc) is 2.85. The molecule has 39 heavy (non-hydrogen) atoms. The first-order chi connectivity index (χ1) is 18.5. The zero-order valence-electron chi connectivity index (χ0n) is 24.1. The quantitative estimate of drug-likeness (QED) is 0.373. The molecule has 212 valence electrons. The van der Waals surface area contributed by atoms with Crippen molar-refractivity contribution in [1.82, 2.24) is 15.5 Å². The molecule has 2 aromatic rings. The first-order valence-electron chi connectivity index (χ1n) is 13.7. The van der Waals surface area contributed by atoms with Crippen molar-refractivity contribution in [2.75, 3.05) is 12.0 Å². The maximum atomic E-state index is 14.3. The number of nitrogens with one attached hydrogen (secondary N) is 2. The van der Waals surface area contributed by atoms with Gasteiger partial charge in [-0.15, -0.1) is 0 Å². The minimum absolute atomic E-state index is 0.0814. The normalized spacial score (nSPS) is 15.0. The predicted octanol–water partition coefficient (Wildman–Crippen LogP) is 5.69. The van der Waals surface area contributed by atoms with Crippen LogP contribution in [0.15, 0.2) is 48.5 Å². The third-order valence-electron chi connectivity index (χ3n) is 6.89. The molecule has 0 aliphatic heterocycles. The van der Waals surface area contributed by atoms with Crippen LogP contribution in [-0.2, 0) is 20.9 Å². The van der Waals surface area contributed by atoms with E-state index in [2.05, 4.69) is 10.6 Å². The lowest BCUT2D eigenvalue weighted by molar-refractivity contribution is -0.147. The Morgan fingerprint density at radius 3 is 2.36 bits per heavy atom. The molecule has 0 radical (unpaired) electrons. The van der Waals surface area contributed by atoms with Gasteiger partial charge in [0.2, 0.25) is 11.8 Å². The highest BCUT2D eigenvalue weighted by molar-refractivity contribution is 7.98. The fourth-order valence-corrected chi connectivity index (χ4v) is 5.13. The number of aryl methyl sites for hydroxylation is 2. The monoisotopic (exact) mass is 553 g/mol. The van der Waals surface area contributed by atoms with Gasteiger partial charge in [0.25, 0.3) is 0 Å². The van der Waals surface area contributed by atoms with E-state index in [4.69, 9.17) is 4.74 Å². The Morgan fingerprint density at radius 2 is 1.77 bits per heavy atom. The molecule has 2 N–H and O–H groups in total. The summed E-state index contributed by atoms with van der Waals surface area (Å²) in [6.45, 7) is 9.70. The van der Waals surface area contributed by atoms with Gasteiger partial charge in [-0.1, -0.05) is 54.1 Å². The molecular formula is C31H43N3O4S. The molecule has 2 atom stereocenters. The standard InChI is InChI=1S/C31H43N3O4S/c1-21-15-16-22(2)25(19-21)27(28(35)32-20-23-11-8-7-9-12-23)34(24-13-10-14-24)29(36)26(17-18-39-6)33-30(37)38-31(3,4)5/h7-9,11-12,15-16,19,24,26-27H,10,13-14,17-18,20H2,1-6H3,(H,32,35)(H,33,37). The van der Waals surface area contributed by atoms with Crippen LogP contribution in [0.5, 0.6) is 0 Å². The largest absolute Gasteiger partial charge is 0.444 e. The van der Waals surface area contributed by atoms with E-state index in [0.717, 1.165) is 41.5 Å². The maximum absolute atomic E-state index is 14.3. The van der Waals surface area contributed by atoms with Crippen molar-refractivity contribution in [3.63, 3.8) is 0 Å². The first kappa shape index (κ1) is 30.5. The molecule has 1 aliphatic rings. The number of benzene rings is 2. The highest BCUT2D eigenvalue weighted by atomic mass is 32.2. The van der Waals surface area contributed by atoms with Crippen LogP contribution in [0.3, 0.4) is 0 Å². The fourth-order valence-electron chi connectivity index (χ4n) is 4.66. The Kier molecular flexibility index (Phi) is 10.9. The molecule has 7 nitrogen and oxygen atoms in total. The van der Waals surface area contributed by atoms with Crippen molar-refractivity contribution in [3.8, 4) is 0 Å². The van der Waals surface area contributed by atoms with Gasteiger partial charge in [-0.3, -0.25) is 9.59 Å². The summed E-state index contributed by atoms with van der Waals surface area (Å²) in [7, 11) is 0. The summed E-state index contributed by atoms with van der Waals surface area (Å²) >= 11 is 1.61. The first-order valence-corrected chi connectivity index (χ1v) is 15.1. The Hall–Kier alpha value is -3.00. The van der Waals surface area contributed by atoms with E-state index >= 15 is 0 Å². The zero-order chi connectivity index (χ0) is 28.6. The van der Waals surface area contributed by atoms with Crippen LogP contribution in [0, 0.1) is 13.8 Å². The van der Waals surface area contributed by atoms with Gasteiger partial charge in [0, 0.05) is 12.6 Å². The number of rotatable bonds is 11. The predicted molar refractivity (Wildman–Crippen MR) is 158 cm³/mol. The number of hydrogen-bond acceptors (Lipinski definition) is 5. The number of alkyl carbamates (subject to hydrolysis) is 1. The van der Waals surface area contributed by atoms with Gasteiger partial charge in [0.05, 0.1) is 0 Å². The number of carbonyl (C=O) groups excluding carboxylic acids is 3. The van der Waals surface area contributed by atoms with Gasteiger partial charge >= 0.3 is 6.09 Å². The minimum Gasteiger partial charge on any atom is -0.444 e. The lowest BCUT2D eigenvalue weighted by Gasteiger charge is -2.44. The average molecular weight is 554 g/mol. The second-order valence-corrected chi connectivity index (χ2v) is 12.3. The van der Waals surface area contributed by atoms with E-state index in [9.17, 15) is 14.4 Å². The van der Waals surface area contributed by atoms with E-state index in [0.29, 0.717) is 18.7 Å². The molecule has 3 rings (SSSR count). The van der Waals surface area contributed by atoms with Crippen LogP contribution < -0.4 is 10.6 Å². The fraction of sp³-hybridized carbons (Fsp3) is 0.516. The summed E-state index contributed by atoms with van der Waals surface area (Å²) in [6.07, 6.45) is 4.41. The number of nitrogens with zero attached hydrogens (tertiary/aromatic N) is 1. The van der Waals surface area contributed by atoms with Crippen LogP contribution in [0.25, 0.3) is 0 Å². The summed E-state index contributed by atoms with van der Waals surface area (Å²) < 4.78 is 5.49. The van der Waals surface area contributed by atoms with E-state index in [1.807, 2.05) is 68.6 Å².